The molecule has 0 aliphatic heterocycles. The fourth-order valence-corrected chi connectivity index (χ4v) is 3.68. The molecule has 0 amide bonds. The second-order valence-corrected chi connectivity index (χ2v) is 6.98. The van der Waals surface area contributed by atoms with E-state index in [9.17, 15) is 13.2 Å². The summed E-state index contributed by atoms with van der Waals surface area (Å²) in [7, 11) is -3.84. The van der Waals surface area contributed by atoms with Crippen LogP contribution in [0.4, 0.5) is 5.69 Å². The number of hydrogen-bond acceptors (Lipinski definition) is 3. The van der Waals surface area contributed by atoms with Crippen molar-refractivity contribution in [2.75, 3.05) is 10.8 Å². The molecule has 0 N–H and O–H groups in total. The smallest absolute Gasteiger partial charge is 0.264 e. The summed E-state index contributed by atoms with van der Waals surface area (Å²) in [6.45, 7) is 1.60. The Hall–Kier alpha value is -1.85. The molecule has 4 nitrogen and oxygen atoms in total. The summed E-state index contributed by atoms with van der Waals surface area (Å²) in [5.74, 6) is 0. The lowest BCUT2D eigenvalue weighted by Gasteiger charge is -2.23. The lowest BCUT2D eigenvalue weighted by molar-refractivity contribution is -0.110. The molecule has 0 aromatic heterocycles. The Balaban J connectivity index is 2.47. The van der Waals surface area contributed by atoms with Crippen molar-refractivity contribution in [1.29, 1.82) is 0 Å². The Kier molecular flexibility index (Phi) is 5.21. The van der Waals surface area contributed by atoms with Crippen LogP contribution in [-0.2, 0) is 21.2 Å². The number of sulfonamides is 1. The van der Waals surface area contributed by atoms with Crippen LogP contribution in [0.15, 0.2) is 59.5 Å². The number of aryl methyl sites for hydroxylation is 1. The van der Waals surface area contributed by atoms with Gasteiger partial charge in [-0.2, -0.15) is 0 Å². The first-order valence-corrected chi connectivity index (χ1v) is 8.62. The van der Waals surface area contributed by atoms with Gasteiger partial charge in [0.25, 0.3) is 10.0 Å². The van der Waals surface area contributed by atoms with Gasteiger partial charge in [-0.15, -0.1) is 0 Å². The zero-order valence-electron chi connectivity index (χ0n) is 12.1. The third-order valence-electron chi connectivity index (χ3n) is 3.23. The van der Waals surface area contributed by atoms with Gasteiger partial charge >= 0.3 is 0 Å². The van der Waals surface area contributed by atoms with E-state index >= 15 is 0 Å². The number of rotatable bonds is 6. The van der Waals surface area contributed by atoms with Gasteiger partial charge < -0.3 is 0 Å². The molecular formula is C16H16ClNO3S. The fraction of sp³-hybridized carbons (Fsp3) is 0.188. The van der Waals surface area contributed by atoms with Crippen LogP contribution in [0.1, 0.15) is 12.5 Å². The number of nitrogens with zero attached hydrogens (tertiary/aromatic N) is 1. The number of anilines is 1. The van der Waals surface area contributed by atoms with Crippen LogP contribution in [0, 0.1) is 0 Å². The van der Waals surface area contributed by atoms with Gasteiger partial charge in [-0.25, -0.2) is 8.42 Å². The maximum Gasteiger partial charge on any atom is 0.264 e. The minimum atomic E-state index is -3.84. The molecule has 0 heterocycles. The molecule has 22 heavy (non-hydrogen) atoms. The monoisotopic (exact) mass is 337 g/mol. The predicted molar refractivity (Wildman–Crippen MR) is 87.7 cm³/mol. The number of benzene rings is 2. The second-order valence-electron chi connectivity index (χ2n) is 4.70. The van der Waals surface area contributed by atoms with Gasteiger partial charge in [0.05, 0.1) is 10.6 Å². The van der Waals surface area contributed by atoms with E-state index in [1.165, 1.54) is 12.1 Å². The van der Waals surface area contributed by atoms with Crippen LogP contribution < -0.4 is 4.31 Å². The van der Waals surface area contributed by atoms with E-state index in [0.29, 0.717) is 5.69 Å². The zero-order valence-corrected chi connectivity index (χ0v) is 13.6. The highest BCUT2D eigenvalue weighted by atomic mass is 35.5. The molecule has 2 aromatic carbocycles. The minimum Gasteiger partial charge on any atom is -0.279 e. The summed E-state index contributed by atoms with van der Waals surface area (Å²) in [5, 5.41) is -0.737. The maximum absolute atomic E-state index is 12.7. The van der Waals surface area contributed by atoms with Gasteiger partial charge in [-0.3, -0.25) is 9.10 Å². The Morgan fingerprint density at radius 1 is 1.05 bits per heavy atom. The lowest BCUT2D eigenvalue weighted by atomic mass is 10.1. The summed E-state index contributed by atoms with van der Waals surface area (Å²) in [5.41, 5.74) is 1.49. The summed E-state index contributed by atoms with van der Waals surface area (Å²) < 4.78 is 26.5. The highest BCUT2D eigenvalue weighted by Gasteiger charge is 2.26. The highest BCUT2D eigenvalue weighted by Crippen LogP contribution is 2.24. The molecule has 116 valence electrons. The molecule has 0 radical (unpaired) electrons. The third-order valence-corrected chi connectivity index (χ3v) is 5.14. The van der Waals surface area contributed by atoms with E-state index < -0.39 is 21.8 Å². The molecule has 0 saturated carbocycles. The highest BCUT2D eigenvalue weighted by molar-refractivity contribution is 7.92. The topological polar surface area (TPSA) is 54.5 Å². The molecule has 0 atom stereocenters. The lowest BCUT2D eigenvalue weighted by Crippen LogP contribution is -2.34. The third kappa shape index (κ3) is 3.67. The standard InChI is InChI=1S/C16H16ClNO3S/c1-2-13-8-10-14(11-9-13)18(12-16(17)19)22(20,21)15-6-4-3-5-7-15/h3-11H,2,12H2,1H3. The first-order valence-electron chi connectivity index (χ1n) is 6.80. The first kappa shape index (κ1) is 16.5. The van der Waals surface area contributed by atoms with Crippen LogP contribution in [0.3, 0.4) is 0 Å². The fourth-order valence-electron chi connectivity index (χ4n) is 2.05. The largest absolute Gasteiger partial charge is 0.279 e. The van der Waals surface area contributed by atoms with Crippen LogP contribution in [0.25, 0.3) is 0 Å². The van der Waals surface area contributed by atoms with Crippen molar-refractivity contribution in [3.8, 4) is 0 Å². The van der Waals surface area contributed by atoms with Crippen LogP contribution in [-0.4, -0.2) is 20.2 Å². The van der Waals surface area contributed by atoms with Crippen LogP contribution in [0.2, 0.25) is 0 Å². The van der Waals surface area contributed by atoms with Crippen LogP contribution >= 0.6 is 11.6 Å². The Morgan fingerprint density at radius 3 is 2.14 bits per heavy atom. The van der Waals surface area contributed by atoms with Crippen molar-refractivity contribution in [3.05, 3.63) is 60.2 Å². The van der Waals surface area contributed by atoms with Crippen molar-refractivity contribution in [2.24, 2.45) is 0 Å². The summed E-state index contributed by atoms with van der Waals surface area (Å²) >= 11 is 5.43. The van der Waals surface area contributed by atoms with E-state index in [-0.39, 0.29) is 4.90 Å². The number of carbonyl (C=O) groups is 1. The Bertz CT molecular complexity index is 743. The predicted octanol–water partition coefficient (Wildman–Crippen LogP) is 3.21. The molecule has 2 aromatic rings. The zero-order chi connectivity index (χ0) is 16.2. The molecule has 0 bridgehead atoms. The van der Waals surface area contributed by atoms with E-state index in [1.807, 2.05) is 19.1 Å². The molecular weight excluding hydrogens is 322 g/mol. The van der Waals surface area contributed by atoms with Gasteiger partial charge in [-0.05, 0) is 47.9 Å². The van der Waals surface area contributed by atoms with E-state index in [2.05, 4.69) is 0 Å². The molecule has 0 saturated heterocycles. The molecule has 6 heteroatoms. The summed E-state index contributed by atoms with van der Waals surface area (Å²) in [6.07, 6.45) is 0.847. The molecule has 0 aliphatic carbocycles. The van der Waals surface area contributed by atoms with E-state index in [1.54, 1.807) is 30.3 Å². The first-order chi connectivity index (χ1) is 10.4. The minimum absolute atomic E-state index is 0.118. The van der Waals surface area contributed by atoms with Gasteiger partial charge in [0.1, 0.15) is 6.54 Å². The van der Waals surface area contributed by atoms with E-state index in [0.717, 1.165) is 16.3 Å². The van der Waals surface area contributed by atoms with Crippen LogP contribution in [0.5, 0.6) is 0 Å². The SMILES string of the molecule is CCc1ccc(N(CC(=O)Cl)S(=O)(=O)c2ccccc2)cc1. The molecule has 0 unspecified atom stereocenters. The molecule has 0 fully saturated rings. The van der Waals surface area contributed by atoms with E-state index in [4.69, 9.17) is 11.6 Å². The summed E-state index contributed by atoms with van der Waals surface area (Å²) in [6, 6.07) is 15.0. The second kappa shape index (κ2) is 6.94. The molecule has 0 spiro atoms. The van der Waals surface area contributed by atoms with Crippen molar-refractivity contribution in [3.63, 3.8) is 0 Å². The number of hydrogen-bond donors (Lipinski definition) is 0. The Morgan fingerprint density at radius 2 is 1.64 bits per heavy atom. The average Bonchev–Trinajstić information content (AvgIpc) is 2.53. The van der Waals surface area contributed by atoms with Crippen molar-refractivity contribution in [2.45, 2.75) is 18.2 Å². The van der Waals surface area contributed by atoms with Crippen molar-refractivity contribution < 1.29 is 13.2 Å². The van der Waals surface area contributed by atoms with Gasteiger partial charge in [0, 0.05) is 0 Å². The maximum atomic E-state index is 12.7. The van der Waals surface area contributed by atoms with Gasteiger partial charge in [0.2, 0.25) is 5.24 Å². The number of carbonyl (C=O) groups excluding carboxylic acids is 1. The number of halogens is 1. The molecule has 0 aliphatic rings. The normalized spacial score (nSPS) is 11.2. The quantitative estimate of drug-likeness (QED) is 0.760. The summed E-state index contributed by atoms with van der Waals surface area (Å²) in [4.78, 5) is 11.4. The van der Waals surface area contributed by atoms with Gasteiger partial charge in [-0.1, -0.05) is 37.3 Å². The average molecular weight is 338 g/mol. The van der Waals surface area contributed by atoms with Crippen molar-refractivity contribution in [1.82, 2.24) is 0 Å². The molecule has 2 rings (SSSR count). The Labute approximate surface area is 135 Å². The van der Waals surface area contributed by atoms with Gasteiger partial charge in [0.15, 0.2) is 0 Å². The van der Waals surface area contributed by atoms with Crippen molar-refractivity contribution >= 4 is 32.6 Å².